The summed E-state index contributed by atoms with van der Waals surface area (Å²) < 4.78 is 16.2. The number of carbonyl (C=O) groups is 2. The lowest BCUT2D eigenvalue weighted by Gasteiger charge is -2.13. The summed E-state index contributed by atoms with van der Waals surface area (Å²) >= 11 is 0. The molecule has 148 valence electrons. The molecule has 3 rings (SSSR count). The van der Waals surface area contributed by atoms with Crippen LogP contribution in [0.4, 0.5) is 0 Å². The highest BCUT2D eigenvalue weighted by Gasteiger charge is 2.18. The average molecular weight is 392 g/mol. The lowest BCUT2D eigenvalue weighted by atomic mass is 10.1. The molecule has 2 aromatic carbocycles. The highest BCUT2D eigenvalue weighted by atomic mass is 16.5. The van der Waals surface area contributed by atoms with Crippen LogP contribution in [-0.2, 0) is 16.1 Å². The van der Waals surface area contributed by atoms with E-state index in [1.54, 1.807) is 19.1 Å². The van der Waals surface area contributed by atoms with Crippen molar-refractivity contribution in [2.75, 3.05) is 13.2 Å². The Morgan fingerprint density at radius 3 is 2.59 bits per heavy atom. The van der Waals surface area contributed by atoms with Gasteiger partial charge in [-0.3, -0.25) is 4.79 Å². The zero-order valence-corrected chi connectivity index (χ0v) is 16.2. The van der Waals surface area contributed by atoms with Gasteiger partial charge in [-0.25, -0.2) is 4.79 Å². The number of aryl methyl sites for hydroxylation is 2. The van der Waals surface area contributed by atoms with Crippen molar-refractivity contribution in [1.29, 1.82) is 0 Å². The maximum atomic E-state index is 12.6. The van der Waals surface area contributed by atoms with Gasteiger partial charge in [-0.1, -0.05) is 35.3 Å². The number of fused-ring (bicyclic) bond motifs is 1. The van der Waals surface area contributed by atoms with Crippen LogP contribution in [-0.4, -0.2) is 30.2 Å². The minimum atomic E-state index is -0.666. The Balaban J connectivity index is 1.84. The fraction of sp³-hybridized carbons (Fsp3) is 0.227. The number of carbonyl (C=O) groups excluding carboxylic acids is 2. The molecule has 0 saturated carbocycles. The SMILES string of the molecule is C#CCNC(=O)COC(=O)c1cc2ccccc2cc1OCc1c(C)noc1C. The molecule has 0 fully saturated rings. The molecular weight excluding hydrogens is 372 g/mol. The highest BCUT2D eigenvalue weighted by molar-refractivity contribution is 5.99. The van der Waals surface area contributed by atoms with Crippen molar-refractivity contribution in [3.63, 3.8) is 0 Å². The number of hydrogen-bond acceptors (Lipinski definition) is 6. The zero-order valence-electron chi connectivity index (χ0n) is 16.2. The summed E-state index contributed by atoms with van der Waals surface area (Å²) in [5.74, 6) is 2.13. The first kappa shape index (κ1) is 20.0. The van der Waals surface area contributed by atoms with Crippen LogP contribution < -0.4 is 10.1 Å². The maximum absolute atomic E-state index is 12.6. The Kier molecular flexibility index (Phi) is 6.15. The van der Waals surface area contributed by atoms with Crippen LogP contribution in [0.3, 0.4) is 0 Å². The second kappa shape index (κ2) is 8.93. The fourth-order valence-electron chi connectivity index (χ4n) is 2.77. The molecule has 0 unspecified atom stereocenters. The molecule has 0 atom stereocenters. The molecular formula is C22H20N2O5. The van der Waals surface area contributed by atoms with Crippen molar-refractivity contribution in [3.8, 4) is 18.1 Å². The van der Waals surface area contributed by atoms with Gasteiger partial charge < -0.3 is 19.3 Å². The summed E-state index contributed by atoms with van der Waals surface area (Å²) in [6, 6.07) is 11.0. The van der Waals surface area contributed by atoms with E-state index in [4.69, 9.17) is 20.4 Å². The minimum Gasteiger partial charge on any atom is -0.488 e. The molecule has 0 bridgehead atoms. The van der Waals surface area contributed by atoms with Gasteiger partial charge in [-0.15, -0.1) is 6.42 Å². The van der Waals surface area contributed by atoms with Crippen LogP contribution >= 0.6 is 0 Å². The van der Waals surface area contributed by atoms with Gasteiger partial charge in [0.15, 0.2) is 6.61 Å². The van der Waals surface area contributed by atoms with E-state index in [1.165, 1.54) is 0 Å². The van der Waals surface area contributed by atoms with Crippen LogP contribution in [0, 0.1) is 26.2 Å². The minimum absolute atomic E-state index is 0.0676. The molecule has 29 heavy (non-hydrogen) atoms. The summed E-state index contributed by atoms with van der Waals surface area (Å²) in [5.41, 5.74) is 1.75. The number of amides is 1. The molecule has 1 N–H and O–H groups in total. The monoisotopic (exact) mass is 392 g/mol. The van der Waals surface area contributed by atoms with E-state index < -0.39 is 18.5 Å². The third-order valence-corrected chi connectivity index (χ3v) is 4.34. The number of aromatic nitrogens is 1. The molecule has 0 radical (unpaired) electrons. The first-order valence-electron chi connectivity index (χ1n) is 8.94. The van der Waals surface area contributed by atoms with Crippen LogP contribution in [0.5, 0.6) is 5.75 Å². The van der Waals surface area contributed by atoms with Gasteiger partial charge >= 0.3 is 5.97 Å². The van der Waals surface area contributed by atoms with Crippen LogP contribution in [0.1, 0.15) is 27.4 Å². The summed E-state index contributed by atoms with van der Waals surface area (Å²) in [5, 5.41) is 8.10. The number of esters is 1. The Morgan fingerprint density at radius 2 is 1.93 bits per heavy atom. The summed E-state index contributed by atoms with van der Waals surface area (Å²) in [6.07, 6.45) is 5.09. The topological polar surface area (TPSA) is 90.7 Å². The number of hydrogen-bond donors (Lipinski definition) is 1. The Bertz CT molecular complexity index is 1070. The van der Waals surface area contributed by atoms with E-state index in [1.807, 2.05) is 31.2 Å². The van der Waals surface area contributed by atoms with E-state index in [0.29, 0.717) is 11.5 Å². The summed E-state index contributed by atoms with van der Waals surface area (Å²) in [4.78, 5) is 24.3. The Morgan fingerprint density at radius 1 is 1.21 bits per heavy atom. The molecule has 1 amide bonds. The normalized spacial score (nSPS) is 10.4. The number of rotatable bonds is 7. The number of ether oxygens (including phenoxy) is 2. The van der Waals surface area contributed by atoms with Crippen molar-refractivity contribution < 1.29 is 23.6 Å². The predicted octanol–water partition coefficient (Wildman–Crippen LogP) is 2.93. The lowest BCUT2D eigenvalue weighted by molar-refractivity contribution is -0.123. The van der Waals surface area contributed by atoms with Crippen molar-refractivity contribution in [2.24, 2.45) is 0 Å². The standard InChI is InChI=1S/C22H20N2O5/c1-4-9-23-21(25)13-28-22(26)18-10-16-7-5-6-8-17(16)11-20(18)27-12-19-14(2)24-29-15(19)3/h1,5-8,10-11H,9,12-13H2,2-3H3,(H,23,25). The third kappa shape index (κ3) is 4.74. The number of terminal acetylenes is 1. The summed E-state index contributed by atoms with van der Waals surface area (Å²) in [7, 11) is 0. The average Bonchev–Trinajstić information content (AvgIpc) is 3.05. The quantitative estimate of drug-likeness (QED) is 0.491. The predicted molar refractivity (Wildman–Crippen MR) is 106 cm³/mol. The smallest absolute Gasteiger partial charge is 0.342 e. The third-order valence-electron chi connectivity index (χ3n) is 4.34. The molecule has 0 aliphatic heterocycles. The molecule has 0 aliphatic rings. The second-order valence-corrected chi connectivity index (χ2v) is 6.34. The molecule has 7 nitrogen and oxygen atoms in total. The van der Waals surface area contributed by atoms with E-state index >= 15 is 0 Å². The summed E-state index contributed by atoms with van der Waals surface area (Å²) in [6.45, 7) is 3.43. The van der Waals surface area contributed by atoms with Crippen LogP contribution in [0.2, 0.25) is 0 Å². The number of nitrogens with zero attached hydrogens (tertiary/aromatic N) is 1. The number of benzene rings is 2. The molecule has 3 aromatic rings. The van der Waals surface area contributed by atoms with Gasteiger partial charge in [0.05, 0.1) is 17.8 Å². The first-order chi connectivity index (χ1) is 14.0. The molecule has 0 aliphatic carbocycles. The second-order valence-electron chi connectivity index (χ2n) is 6.34. The van der Waals surface area contributed by atoms with Gasteiger partial charge in [0.2, 0.25) is 0 Å². The van der Waals surface area contributed by atoms with Crippen molar-refractivity contribution in [2.45, 2.75) is 20.5 Å². The molecule has 7 heteroatoms. The number of nitrogens with one attached hydrogen (secondary N) is 1. The van der Waals surface area contributed by atoms with Crippen molar-refractivity contribution in [3.05, 3.63) is 59.0 Å². The van der Waals surface area contributed by atoms with E-state index in [-0.39, 0.29) is 18.7 Å². The van der Waals surface area contributed by atoms with Crippen LogP contribution in [0.25, 0.3) is 10.8 Å². The van der Waals surface area contributed by atoms with Gasteiger partial charge in [0, 0.05) is 0 Å². The molecule has 0 saturated heterocycles. The van der Waals surface area contributed by atoms with Crippen LogP contribution in [0.15, 0.2) is 40.9 Å². The largest absolute Gasteiger partial charge is 0.488 e. The Labute approximate surface area is 168 Å². The first-order valence-corrected chi connectivity index (χ1v) is 8.94. The maximum Gasteiger partial charge on any atom is 0.342 e. The van der Waals surface area contributed by atoms with Crippen molar-refractivity contribution >= 4 is 22.6 Å². The zero-order chi connectivity index (χ0) is 20.8. The van der Waals surface area contributed by atoms with Gasteiger partial charge in [0.25, 0.3) is 5.91 Å². The highest BCUT2D eigenvalue weighted by Crippen LogP contribution is 2.28. The van der Waals surface area contributed by atoms with Gasteiger partial charge in [0.1, 0.15) is 23.7 Å². The van der Waals surface area contributed by atoms with Gasteiger partial charge in [-0.05, 0) is 36.8 Å². The Hall–Kier alpha value is -3.79. The van der Waals surface area contributed by atoms with E-state index in [2.05, 4.69) is 16.4 Å². The van der Waals surface area contributed by atoms with Crippen molar-refractivity contribution in [1.82, 2.24) is 10.5 Å². The molecule has 1 heterocycles. The fourth-order valence-corrected chi connectivity index (χ4v) is 2.77. The van der Waals surface area contributed by atoms with Gasteiger partial charge in [-0.2, -0.15) is 0 Å². The molecule has 1 aromatic heterocycles. The molecule has 0 spiro atoms. The van der Waals surface area contributed by atoms with E-state index in [0.717, 1.165) is 22.0 Å². The van der Waals surface area contributed by atoms with E-state index in [9.17, 15) is 9.59 Å². The lowest BCUT2D eigenvalue weighted by Crippen LogP contribution is -2.29.